The molecular weight excluding hydrogens is 252 g/mol. The molecule has 3 heterocycles. The number of rotatable bonds is 3. The second kappa shape index (κ2) is 6.08. The van der Waals surface area contributed by atoms with E-state index in [9.17, 15) is 0 Å². The molecule has 20 heavy (non-hydrogen) atoms. The van der Waals surface area contributed by atoms with E-state index in [1.54, 1.807) is 0 Å². The Balaban J connectivity index is 1.65. The van der Waals surface area contributed by atoms with E-state index in [0.717, 1.165) is 50.8 Å². The second-order valence-electron chi connectivity index (χ2n) is 5.77. The van der Waals surface area contributed by atoms with Gasteiger partial charge in [0.25, 0.3) is 0 Å². The van der Waals surface area contributed by atoms with Gasteiger partial charge in [-0.2, -0.15) is 0 Å². The molecule has 3 rings (SSSR count). The maximum absolute atomic E-state index is 5.96. The Bertz CT molecular complexity index is 445. The Morgan fingerprint density at radius 1 is 1.35 bits per heavy atom. The third kappa shape index (κ3) is 2.95. The second-order valence-corrected chi connectivity index (χ2v) is 5.77. The Labute approximate surface area is 120 Å². The van der Waals surface area contributed by atoms with Gasteiger partial charge >= 0.3 is 0 Å². The fourth-order valence-electron chi connectivity index (χ4n) is 3.08. The lowest BCUT2D eigenvalue weighted by Gasteiger charge is -2.32. The molecule has 2 aliphatic rings. The van der Waals surface area contributed by atoms with E-state index in [1.807, 2.05) is 19.2 Å². The molecule has 2 fully saturated rings. The number of aromatic nitrogens is 1. The van der Waals surface area contributed by atoms with Crippen LogP contribution in [0.3, 0.4) is 0 Å². The summed E-state index contributed by atoms with van der Waals surface area (Å²) in [4.78, 5) is 9.45. The molecule has 0 aliphatic carbocycles. The van der Waals surface area contributed by atoms with E-state index in [1.165, 1.54) is 6.42 Å². The fourth-order valence-corrected chi connectivity index (χ4v) is 3.08. The number of hydrogen-bond donors (Lipinski definition) is 1. The fraction of sp³-hybridized carbons (Fsp3) is 0.667. The lowest BCUT2D eigenvalue weighted by molar-refractivity contribution is 0.0209. The van der Waals surface area contributed by atoms with Crippen molar-refractivity contribution in [2.45, 2.75) is 25.4 Å². The minimum Gasteiger partial charge on any atom is -0.379 e. The molecular formula is C15H24N4O. The zero-order valence-corrected chi connectivity index (χ0v) is 12.2. The first-order chi connectivity index (χ1) is 9.74. The molecule has 2 N–H and O–H groups in total. The van der Waals surface area contributed by atoms with E-state index in [0.29, 0.717) is 6.04 Å². The van der Waals surface area contributed by atoms with Crippen molar-refractivity contribution in [3.63, 3.8) is 0 Å². The minimum absolute atomic E-state index is 0.0643. The molecule has 0 aromatic carbocycles. The van der Waals surface area contributed by atoms with Crippen LogP contribution in [0, 0.1) is 0 Å². The van der Waals surface area contributed by atoms with Crippen LogP contribution in [-0.4, -0.2) is 55.3 Å². The summed E-state index contributed by atoms with van der Waals surface area (Å²) in [7, 11) is 0. The zero-order valence-electron chi connectivity index (χ0n) is 12.2. The normalized spacial score (nSPS) is 25.9. The van der Waals surface area contributed by atoms with Gasteiger partial charge < -0.3 is 15.4 Å². The van der Waals surface area contributed by atoms with Crippen LogP contribution in [0.1, 0.15) is 24.9 Å². The largest absolute Gasteiger partial charge is 0.379 e. The van der Waals surface area contributed by atoms with Crippen molar-refractivity contribution in [3.8, 4) is 0 Å². The van der Waals surface area contributed by atoms with Gasteiger partial charge in [0.15, 0.2) is 0 Å². The molecule has 2 saturated heterocycles. The molecule has 0 saturated carbocycles. The van der Waals surface area contributed by atoms with E-state index in [-0.39, 0.29) is 6.04 Å². The highest BCUT2D eigenvalue weighted by Crippen LogP contribution is 2.23. The Morgan fingerprint density at radius 3 is 2.90 bits per heavy atom. The first-order valence-electron chi connectivity index (χ1n) is 7.52. The lowest BCUT2D eigenvalue weighted by atomic mass is 10.1. The summed E-state index contributed by atoms with van der Waals surface area (Å²) in [5.41, 5.74) is 7.11. The zero-order chi connectivity index (χ0) is 13.9. The Kier molecular flexibility index (Phi) is 4.19. The van der Waals surface area contributed by atoms with Crippen LogP contribution in [0.25, 0.3) is 0 Å². The standard InChI is InChI=1S/C15H24N4O/c1-12(16)13-2-4-17-15(10-13)19-5-3-14(11-19)18-6-8-20-9-7-18/h2,4,10,12,14H,3,5-9,11,16H2,1H3/t12-,14?/m0/s1. The number of nitrogens with two attached hydrogens (primary N) is 1. The van der Waals surface area contributed by atoms with Crippen molar-refractivity contribution in [1.29, 1.82) is 0 Å². The topological polar surface area (TPSA) is 54.6 Å². The van der Waals surface area contributed by atoms with Crippen molar-refractivity contribution >= 4 is 5.82 Å². The van der Waals surface area contributed by atoms with Gasteiger partial charge in [-0.25, -0.2) is 4.98 Å². The molecule has 2 atom stereocenters. The summed E-state index contributed by atoms with van der Waals surface area (Å²) in [6.45, 7) is 8.02. The molecule has 0 amide bonds. The quantitative estimate of drug-likeness (QED) is 0.893. The highest BCUT2D eigenvalue weighted by molar-refractivity contribution is 5.43. The van der Waals surface area contributed by atoms with Crippen LogP contribution >= 0.6 is 0 Å². The summed E-state index contributed by atoms with van der Waals surface area (Å²) >= 11 is 0. The average molecular weight is 276 g/mol. The van der Waals surface area contributed by atoms with Gasteiger partial charge in [0.2, 0.25) is 0 Å². The highest BCUT2D eigenvalue weighted by Gasteiger charge is 2.29. The minimum atomic E-state index is 0.0643. The lowest BCUT2D eigenvalue weighted by Crippen LogP contribution is -2.44. The smallest absolute Gasteiger partial charge is 0.128 e. The van der Waals surface area contributed by atoms with Crippen LogP contribution in [0.15, 0.2) is 18.3 Å². The number of hydrogen-bond acceptors (Lipinski definition) is 5. The van der Waals surface area contributed by atoms with E-state index in [4.69, 9.17) is 10.5 Å². The summed E-state index contributed by atoms with van der Waals surface area (Å²) < 4.78 is 5.43. The molecule has 5 heteroatoms. The maximum atomic E-state index is 5.96. The van der Waals surface area contributed by atoms with Crippen LogP contribution < -0.4 is 10.6 Å². The first kappa shape index (κ1) is 13.8. The van der Waals surface area contributed by atoms with E-state index >= 15 is 0 Å². The van der Waals surface area contributed by atoms with E-state index < -0.39 is 0 Å². The first-order valence-corrected chi connectivity index (χ1v) is 7.52. The molecule has 1 unspecified atom stereocenters. The van der Waals surface area contributed by atoms with Gasteiger partial charge in [0.1, 0.15) is 5.82 Å². The third-order valence-corrected chi connectivity index (χ3v) is 4.34. The molecule has 5 nitrogen and oxygen atoms in total. The van der Waals surface area contributed by atoms with Gasteiger partial charge in [0, 0.05) is 44.5 Å². The van der Waals surface area contributed by atoms with E-state index in [2.05, 4.69) is 20.9 Å². The number of morpholine rings is 1. The monoisotopic (exact) mass is 276 g/mol. The van der Waals surface area contributed by atoms with Gasteiger partial charge in [-0.15, -0.1) is 0 Å². The molecule has 0 radical (unpaired) electrons. The summed E-state index contributed by atoms with van der Waals surface area (Å²) in [6.07, 6.45) is 3.08. The summed E-state index contributed by atoms with van der Waals surface area (Å²) in [6, 6.07) is 4.84. The number of pyridine rings is 1. The van der Waals surface area contributed by atoms with Crippen molar-refractivity contribution in [2.24, 2.45) is 5.73 Å². The molecule has 1 aromatic heterocycles. The average Bonchev–Trinajstić information content (AvgIpc) is 2.98. The maximum Gasteiger partial charge on any atom is 0.128 e. The van der Waals surface area contributed by atoms with Crippen LogP contribution in [0.4, 0.5) is 5.82 Å². The van der Waals surface area contributed by atoms with Gasteiger partial charge in [-0.1, -0.05) is 0 Å². The van der Waals surface area contributed by atoms with Gasteiger partial charge in [-0.3, -0.25) is 4.90 Å². The van der Waals surface area contributed by atoms with Crippen LogP contribution in [-0.2, 0) is 4.74 Å². The summed E-state index contributed by atoms with van der Waals surface area (Å²) in [5.74, 6) is 1.07. The molecule has 0 spiro atoms. The summed E-state index contributed by atoms with van der Waals surface area (Å²) in [5, 5.41) is 0. The predicted octanol–water partition coefficient (Wildman–Crippen LogP) is 1.01. The van der Waals surface area contributed by atoms with Crippen molar-refractivity contribution < 1.29 is 4.74 Å². The highest BCUT2D eigenvalue weighted by atomic mass is 16.5. The van der Waals surface area contributed by atoms with Crippen LogP contribution in [0.2, 0.25) is 0 Å². The predicted molar refractivity (Wildman–Crippen MR) is 79.8 cm³/mol. The molecule has 1 aromatic rings. The Hall–Kier alpha value is -1.17. The molecule has 2 aliphatic heterocycles. The number of ether oxygens (including phenoxy) is 1. The van der Waals surface area contributed by atoms with Gasteiger partial charge in [0.05, 0.1) is 13.2 Å². The Morgan fingerprint density at radius 2 is 2.15 bits per heavy atom. The van der Waals surface area contributed by atoms with Crippen molar-refractivity contribution in [2.75, 3.05) is 44.3 Å². The number of anilines is 1. The van der Waals surface area contributed by atoms with Gasteiger partial charge in [-0.05, 0) is 31.0 Å². The van der Waals surface area contributed by atoms with Crippen molar-refractivity contribution in [1.82, 2.24) is 9.88 Å². The van der Waals surface area contributed by atoms with Crippen molar-refractivity contribution in [3.05, 3.63) is 23.9 Å². The van der Waals surface area contributed by atoms with Crippen LogP contribution in [0.5, 0.6) is 0 Å². The SMILES string of the molecule is C[C@H](N)c1ccnc(N2CCC(N3CCOCC3)C2)c1. The number of nitrogens with zero attached hydrogens (tertiary/aromatic N) is 3. The molecule has 110 valence electrons. The third-order valence-electron chi connectivity index (χ3n) is 4.34. The molecule has 0 bridgehead atoms.